The van der Waals surface area contributed by atoms with Crippen LogP contribution in [0.2, 0.25) is 0 Å². The Balaban J connectivity index is 2.34. The van der Waals surface area contributed by atoms with Crippen molar-refractivity contribution in [2.75, 3.05) is 6.54 Å². The summed E-state index contributed by atoms with van der Waals surface area (Å²) >= 11 is 0. The highest BCUT2D eigenvalue weighted by molar-refractivity contribution is 5.82. The Kier molecular flexibility index (Phi) is 1.12. The molecule has 60 valence electrons. The van der Waals surface area contributed by atoms with Crippen LogP contribution < -0.4 is 5.32 Å². The molecule has 2 radical (unpaired) electrons. The molecule has 3 rings (SSSR count). The maximum atomic E-state index is 5.25. The SMILES string of the molecule is [C]1NCCc2[nH]c3occc3c21. The van der Waals surface area contributed by atoms with Gasteiger partial charge in [0.2, 0.25) is 5.71 Å². The van der Waals surface area contributed by atoms with Gasteiger partial charge >= 0.3 is 0 Å². The fourth-order valence-electron chi connectivity index (χ4n) is 1.63. The van der Waals surface area contributed by atoms with Crippen LogP contribution in [0, 0.1) is 6.54 Å². The summed E-state index contributed by atoms with van der Waals surface area (Å²) in [5.74, 6) is 0. The molecule has 1 aliphatic heterocycles. The van der Waals surface area contributed by atoms with E-state index in [1.54, 1.807) is 6.26 Å². The van der Waals surface area contributed by atoms with Crippen molar-refractivity contribution >= 4 is 11.1 Å². The number of hydrogen-bond acceptors (Lipinski definition) is 2. The number of aromatic amines is 1. The molecule has 0 aromatic carbocycles. The van der Waals surface area contributed by atoms with E-state index in [0.717, 1.165) is 29.6 Å². The summed E-state index contributed by atoms with van der Waals surface area (Å²) in [5, 5.41) is 4.22. The van der Waals surface area contributed by atoms with Crippen molar-refractivity contribution in [3.8, 4) is 0 Å². The molecule has 0 bridgehead atoms. The van der Waals surface area contributed by atoms with Crippen molar-refractivity contribution in [1.82, 2.24) is 10.3 Å². The minimum absolute atomic E-state index is 0.858. The van der Waals surface area contributed by atoms with Gasteiger partial charge in [0, 0.05) is 29.6 Å². The van der Waals surface area contributed by atoms with Crippen molar-refractivity contribution in [1.29, 1.82) is 0 Å². The number of nitrogens with one attached hydrogen (secondary N) is 2. The van der Waals surface area contributed by atoms with Gasteiger partial charge in [-0.3, -0.25) is 0 Å². The van der Waals surface area contributed by atoms with Crippen molar-refractivity contribution in [3.05, 3.63) is 30.1 Å². The molecule has 0 saturated carbocycles. The fraction of sp³-hybridized carbons (Fsp3) is 0.222. The zero-order valence-corrected chi connectivity index (χ0v) is 6.48. The van der Waals surface area contributed by atoms with Crippen LogP contribution in [0.1, 0.15) is 11.3 Å². The van der Waals surface area contributed by atoms with E-state index in [0.29, 0.717) is 0 Å². The second kappa shape index (κ2) is 2.14. The molecule has 12 heavy (non-hydrogen) atoms. The lowest BCUT2D eigenvalue weighted by atomic mass is 10.1. The molecule has 3 nitrogen and oxygen atoms in total. The van der Waals surface area contributed by atoms with E-state index >= 15 is 0 Å². The Labute approximate surface area is 69.8 Å². The number of fused-ring (bicyclic) bond motifs is 3. The lowest BCUT2D eigenvalue weighted by Gasteiger charge is -2.10. The van der Waals surface area contributed by atoms with Crippen LogP contribution in [-0.4, -0.2) is 11.5 Å². The molecule has 0 atom stereocenters. The Morgan fingerprint density at radius 3 is 3.50 bits per heavy atom. The molecular weight excluding hydrogens is 152 g/mol. The molecule has 2 N–H and O–H groups in total. The van der Waals surface area contributed by atoms with E-state index in [1.807, 2.05) is 6.07 Å². The zero-order valence-electron chi connectivity index (χ0n) is 6.48. The molecule has 0 spiro atoms. The Bertz CT molecular complexity index is 413. The van der Waals surface area contributed by atoms with E-state index in [2.05, 4.69) is 16.8 Å². The predicted molar refractivity (Wildman–Crippen MR) is 44.6 cm³/mol. The highest BCUT2D eigenvalue weighted by Crippen LogP contribution is 2.25. The van der Waals surface area contributed by atoms with Crippen LogP contribution in [0.4, 0.5) is 0 Å². The van der Waals surface area contributed by atoms with Crippen molar-refractivity contribution in [3.63, 3.8) is 0 Å². The van der Waals surface area contributed by atoms with Gasteiger partial charge in [-0.25, -0.2) is 0 Å². The summed E-state index contributed by atoms with van der Waals surface area (Å²) in [4.78, 5) is 3.23. The third-order valence-corrected chi connectivity index (χ3v) is 2.21. The zero-order chi connectivity index (χ0) is 7.97. The first-order valence-corrected chi connectivity index (χ1v) is 4.02. The minimum Gasteiger partial charge on any atom is -0.448 e. The predicted octanol–water partition coefficient (Wildman–Crippen LogP) is 1.29. The van der Waals surface area contributed by atoms with E-state index in [-0.39, 0.29) is 0 Å². The highest BCUT2D eigenvalue weighted by atomic mass is 16.3. The van der Waals surface area contributed by atoms with Gasteiger partial charge in [0.05, 0.1) is 12.8 Å². The largest absolute Gasteiger partial charge is 0.448 e. The monoisotopic (exact) mass is 160 g/mol. The first-order valence-electron chi connectivity index (χ1n) is 4.02. The molecule has 2 aromatic heterocycles. The van der Waals surface area contributed by atoms with Gasteiger partial charge in [0.15, 0.2) is 0 Å². The molecule has 0 unspecified atom stereocenters. The number of aromatic nitrogens is 1. The molecule has 0 fully saturated rings. The van der Waals surface area contributed by atoms with E-state index in [4.69, 9.17) is 4.42 Å². The van der Waals surface area contributed by atoms with Gasteiger partial charge in [-0.1, -0.05) is 0 Å². The summed E-state index contributed by atoms with van der Waals surface area (Å²) in [6.45, 7) is 4.08. The third kappa shape index (κ3) is 0.689. The second-order valence-electron chi connectivity index (χ2n) is 2.94. The minimum atomic E-state index is 0.858. The first-order chi connectivity index (χ1) is 5.95. The normalized spacial score (nSPS) is 16.7. The van der Waals surface area contributed by atoms with Crippen LogP contribution in [-0.2, 0) is 6.42 Å². The van der Waals surface area contributed by atoms with Crippen LogP contribution in [0.5, 0.6) is 0 Å². The summed E-state index contributed by atoms with van der Waals surface area (Å²) in [6, 6.07) is 1.96. The lowest BCUT2D eigenvalue weighted by molar-refractivity contribution is 0.601. The van der Waals surface area contributed by atoms with E-state index < -0.39 is 0 Å². The molecule has 1 aliphatic rings. The van der Waals surface area contributed by atoms with Crippen LogP contribution in [0.25, 0.3) is 11.1 Å². The van der Waals surface area contributed by atoms with Crippen molar-refractivity contribution in [2.45, 2.75) is 6.42 Å². The molecule has 0 amide bonds. The van der Waals surface area contributed by atoms with E-state index in [1.165, 1.54) is 5.69 Å². The summed E-state index contributed by atoms with van der Waals surface area (Å²) in [7, 11) is 0. The van der Waals surface area contributed by atoms with Gasteiger partial charge in [0.25, 0.3) is 0 Å². The Morgan fingerprint density at radius 1 is 1.50 bits per heavy atom. The molecule has 0 aliphatic carbocycles. The second-order valence-corrected chi connectivity index (χ2v) is 2.94. The molecular formula is C9H8N2O. The highest BCUT2D eigenvalue weighted by Gasteiger charge is 2.16. The van der Waals surface area contributed by atoms with Crippen molar-refractivity contribution < 1.29 is 4.42 Å². The maximum absolute atomic E-state index is 5.25. The van der Waals surface area contributed by atoms with Gasteiger partial charge in [0.1, 0.15) is 0 Å². The quantitative estimate of drug-likeness (QED) is 0.609. The fourth-order valence-corrected chi connectivity index (χ4v) is 1.63. The number of furan rings is 1. The van der Waals surface area contributed by atoms with Crippen LogP contribution in [0.3, 0.4) is 0 Å². The smallest absolute Gasteiger partial charge is 0.204 e. The van der Waals surface area contributed by atoms with Crippen molar-refractivity contribution in [2.24, 2.45) is 0 Å². The molecule has 2 aromatic rings. The standard InChI is InChI=1S/C9H8N2O/c1-3-10-5-7-6-2-4-12-9(6)11-8(1)7/h2,4,10-11H,1,3H2. The van der Waals surface area contributed by atoms with Gasteiger partial charge in [-0.05, 0) is 6.07 Å². The van der Waals surface area contributed by atoms with Crippen LogP contribution >= 0.6 is 0 Å². The Hall–Kier alpha value is -1.22. The van der Waals surface area contributed by atoms with Gasteiger partial charge in [-0.15, -0.1) is 0 Å². The number of rotatable bonds is 0. The summed E-state index contributed by atoms with van der Waals surface area (Å²) < 4.78 is 5.25. The number of hydrogen-bond donors (Lipinski definition) is 2. The lowest BCUT2D eigenvalue weighted by Crippen LogP contribution is -2.20. The van der Waals surface area contributed by atoms with Gasteiger partial charge in [-0.2, -0.15) is 0 Å². The maximum Gasteiger partial charge on any atom is 0.204 e. The summed E-state index contributed by atoms with van der Waals surface area (Å²) in [6.07, 6.45) is 2.71. The van der Waals surface area contributed by atoms with Gasteiger partial charge < -0.3 is 14.7 Å². The molecule has 3 heterocycles. The Morgan fingerprint density at radius 2 is 2.50 bits per heavy atom. The first kappa shape index (κ1) is 6.31. The average molecular weight is 160 g/mol. The average Bonchev–Trinajstić information content (AvgIpc) is 2.62. The third-order valence-electron chi connectivity index (χ3n) is 2.21. The molecule has 3 heteroatoms. The van der Waals surface area contributed by atoms with Crippen LogP contribution in [0.15, 0.2) is 16.7 Å². The number of H-pyrrole nitrogens is 1. The summed E-state index contributed by atoms with van der Waals surface area (Å²) in [5.41, 5.74) is 3.21. The van der Waals surface area contributed by atoms with E-state index in [9.17, 15) is 0 Å². The topological polar surface area (TPSA) is 41.0 Å². The molecule has 0 saturated heterocycles.